The number of carbonyl (C=O) groups is 1. The molecule has 0 bridgehead atoms. The molecular weight excluding hydrogens is 238 g/mol. The minimum Gasteiger partial charge on any atom is -0.469 e. The second-order valence-electron chi connectivity index (χ2n) is 4.51. The molecule has 1 aromatic rings. The maximum atomic E-state index is 11.7. The maximum absolute atomic E-state index is 11.7. The van der Waals surface area contributed by atoms with Gasteiger partial charge in [0.05, 0.1) is 13.0 Å². The highest BCUT2D eigenvalue weighted by Crippen LogP contribution is 2.33. The van der Waals surface area contributed by atoms with Crippen molar-refractivity contribution in [1.82, 2.24) is 4.90 Å². The van der Waals surface area contributed by atoms with Crippen molar-refractivity contribution in [3.05, 3.63) is 34.9 Å². The number of esters is 1. The predicted octanol–water partition coefficient (Wildman–Crippen LogP) is 2.16. The molecule has 0 radical (unpaired) electrons. The number of likely N-dealkylation sites (tertiary alicyclic amines) is 1. The van der Waals surface area contributed by atoms with Gasteiger partial charge in [-0.2, -0.15) is 0 Å². The van der Waals surface area contributed by atoms with E-state index in [9.17, 15) is 4.79 Å². The first-order valence-electron chi connectivity index (χ1n) is 5.63. The third-order valence-corrected chi connectivity index (χ3v) is 3.56. The van der Waals surface area contributed by atoms with Crippen LogP contribution in [0.2, 0.25) is 5.02 Å². The van der Waals surface area contributed by atoms with Crippen molar-refractivity contribution in [1.29, 1.82) is 0 Å². The summed E-state index contributed by atoms with van der Waals surface area (Å²) in [5.74, 6) is -0.00908. The van der Waals surface area contributed by atoms with Crippen LogP contribution in [-0.4, -0.2) is 38.1 Å². The number of ether oxygens (including phenoxy) is 1. The van der Waals surface area contributed by atoms with Crippen molar-refractivity contribution in [2.75, 3.05) is 27.2 Å². The van der Waals surface area contributed by atoms with Crippen LogP contribution in [0, 0.1) is 5.92 Å². The topological polar surface area (TPSA) is 29.5 Å². The molecule has 0 spiro atoms. The minimum absolute atomic E-state index is 0.0776. The van der Waals surface area contributed by atoms with Crippen molar-refractivity contribution >= 4 is 17.6 Å². The lowest BCUT2D eigenvalue weighted by molar-refractivity contribution is -0.145. The maximum Gasteiger partial charge on any atom is 0.310 e. The Morgan fingerprint density at radius 2 is 2.00 bits per heavy atom. The number of likely N-dealkylation sites (N-methyl/N-ethyl adjacent to an activating group) is 1. The van der Waals surface area contributed by atoms with Crippen LogP contribution >= 0.6 is 11.6 Å². The van der Waals surface area contributed by atoms with Crippen molar-refractivity contribution in [2.45, 2.75) is 5.92 Å². The number of halogens is 1. The van der Waals surface area contributed by atoms with Gasteiger partial charge >= 0.3 is 5.97 Å². The molecule has 2 atom stereocenters. The largest absolute Gasteiger partial charge is 0.469 e. The molecule has 4 heteroatoms. The van der Waals surface area contributed by atoms with E-state index >= 15 is 0 Å². The molecule has 0 N–H and O–H groups in total. The standard InChI is InChI=1S/C13H16ClNO2/c1-15-7-11(12(8-15)13(16)17-2)9-3-5-10(14)6-4-9/h3-6,11-12H,7-8H2,1-2H3/t11-,12+/m0/s1. The Kier molecular flexibility index (Phi) is 3.69. The van der Waals surface area contributed by atoms with E-state index in [-0.39, 0.29) is 17.8 Å². The molecule has 0 amide bonds. The molecule has 0 aromatic heterocycles. The number of methoxy groups -OCH3 is 1. The molecular formula is C13H16ClNO2. The number of hydrogen-bond donors (Lipinski definition) is 0. The molecule has 17 heavy (non-hydrogen) atoms. The van der Waals surface area contributed by atoms with Crippen LogP contribution in [-0.2, 0) is 9.53 Å². The summed E-state index contributed by atoms with van der Waals surface area (Å²) < 4.78 is 4.87. The van der Waals surface area contributed by atoms with Gasteiger partial charge in [-0.05, 0) is 24.7 Å². The fourth-order valence-corrected chi connectivity index (χ4v) is 2.56. The Morgan fingerprint density at radius 1 is 1.35 bits per heavy atom. The average Bonchev–Trinajstić information content (AvgIpc) is 2.71. The monoisotopic (exact) mass is 253 g/mol. The minimum atomic E-state index is -0.130. The second kappa shape index (κ2) is 5.07. The molecule has 1 aliphatic heterocycles. The first-order chi connectivity index (χ1) is 8.11. The summed E-state index contributed by atoms with van der Waals surface area (Å²) in [6.07, 6.45) is 0. The van der Waals surface area contributed by atoms with Gasteiger partial charge < -0.3 is 9.64 Å². The zero-order chi connectivity index (χ0) is 12.4. The Morgan fingerprint density at radius 3 is 2.59 bits per heavy atom. The molecule has 0 unspecified atom stereocenters. The van der Waals surface area contributed by atoms with Crippen molar-refractivity contribution in [3.63, 3.8) is 0 Å². The van der Waals surface area contributed by atoms with E-state index in [2.05, 4.69) is 4.90 Å². The molecule has 0 saturated carbocycles. The van der Waals surface area contributed by atoms with Crippen LogP contribution in [0.25, 0.3) is 0 Å². The molecule has 92 valence electrons. The van der Waals surface area contributed by atoms with Crippen LogP contribution in [0.1, 0.15) is 11.5 Å². The van der Waals surface area contributed by atoms with E-state index in [1.807, 2.05) is 31.3 Å². The van der Waals surface area contributed by atoms with Gasteiger partial charge in [0, 0.05) is 24.0 Å². The van der Waals surface area contributed by atoms with E-state index in [1.54, 1.807) is 0 Å². The van der Waals surface area contributed by atoms with Gasteiger partial charge in [-0.15, -0.1) is 0 Å². The van der Waals surface area contributed by atoms with Gasteiger partial charge in [-0.3, -0.25) is 4.79 Å². The quantitative estimate of drug-likeness (QED) is 0.757. The highest BCUT2D eigenvalue weighted by Gasteiger charge is 2.37. The van der Waals surface area contributed by atoms with E-state index in [0.29, 0.717) is 0 Å². The summed E-state index contributed by atoms with van der Waals surface area (Å²) in [7, 11) is 3.46. The third kappa shape index (κ3) is 2.61. The lowest BCUT2D eigenvalue weighted by Crippen LogP contribution is -2.23. The van der Waals surface area contributed by atoms with Crippen LogP contribution in [0.15, 0.2) is 24.3 Å². The first-order valence-corrected chi connectivity index (χ1v) is 6.01. The molecule has 1 heterocycles. The van der Waals surface area contributed by atoms with Gasteiger partial charge in [0.25, 0.3) is 0 Å². The van der Waals surface area contributed by atoms with Crippen molar-refractivity contribution in [3.8, 4) is 0 Å². The second-order valence-corrected chi connectivity index (χ2v) is 4.95. The molecule has 1 fully saturated rings. The Balaban J connectivity index is 2.23. The molecule has 1 aromatic carbocycles. The molecule has 3 nitrogen and oxygen atoms in total. The van der Waals surface area contributed by atoms with E-state index < -0.39 is 0 Å². The Hall–Kier alpha value is -1.06. The third-order valence-electron chi connectivity index (χ3n) is 3.30. The van der Waals surface area contributed by atoms with Gasteiger partial charge in [-0.1, -0.05) is 23.7 Å². The van der Waals surface area contributed by atoms with Crippen LogP contribution in [0.3, 0.4) is 0 Å². The predicted molar refractivity (Wildman–Crippen MR) is 67.2 cm³/mol. The zero-order valence-corrected chi connectivity index (χ0v) is 10.8. The molecule has 1 aliphatic rings. The van der Waals surface area contributed by atoms with Crippen molar-refractivity contribution in [2.24, 2.45) is 5.92 Å². The molecule has 2 rings (SSSR count). The number of rotatable bonds is 2. The van der Waals surface area contributed by atoms with Crippen LogP contribution in [0.4, 0.5) is 0 Å². The van der Waals surface area contributed by atoms with Crippen LogP contribution < -0.4 is 0 Å². The van der Waals surface area contributed by atoms with Gasteiger partial charge in [0.15, 0.2) is 0 Å². The van der Waals surface area contributed by atoms with Gasteiger partial charge in [0.2, 0.25) is 0 Å². The fourth-order valence-electron chi connectivity index (χ4n) is 2.44. The summed E-state index contributed by atoms with van der Waals surface area (Å²) >= 11 is 5.87. The number of hydrogen-bond acceptors (Lipinski definition) is 3. The number of nitrogens with zero attached hydrogens (tertiary/aromatic N) is 1. The Labute approximate surface area is 106 Å². The van der Waals surface area contributed by atoms with E-state index in [1.165, 1.54) is 7.11 Å². The molecule has 1 saturated heterocycles. The zero-order valence-electron chi connectivity index (χ0n) is 10.0. The summed E-state index contributed by atoms with van der Waals surface area (Å²) in [4.78, 5) is 13.9. The summed E-state index contributed by atoms with van der Waals surface area (Å²) in [5, 5.41) is 0.717. The van der Waals surface area contributed by atoms with Gasteiger partial charge in [0.1, 0.15) is 0 Å². The van der Waals surface area contributed by atoms with Crippen LogP contribution in [0.5, 0.6) is 0 Å². The fraction of sp³-hybridized carbons (Fsp3) is 0.462. The Bertz CT molecular complexity index is 404. The smallest absolute Gasteiger partial charge is 0.310 e. The SMILES string of the molecule is COC(=O)[C@@H]1CN(C)C[C@H]1c1ccc(Cl)cc1. The molecule has 0 aliphatic carbocycles. The van der Waals surface area contributed by atoms with E-state index in [0.717, 1.165) is 23.7 Å². The highest BCUT2D eigenvalue weighted by atomic mass is 35.5. The first kappa shape index (κ1) is 12.4. The van der Waals surface area contributed by atoms with E-state index in [4.69, 9.17) is 16.3 Å². The summed E-state index contributed by atoms with van der Waals surface area (Å²) in [5.41, 5.74) is 1.15. The number of carbonyl (C=O) groups excluding carboxylic acids is 1. The highest BCUT2D eigenvalue weighted by molar-refractivity contribution is 6.30. The van der Waals surface area contributed by atoms with Crippen molar-refractivity contribution < 1.29 is 9.53 Å². The summed E-state index contributed by atoms with van der Waals surface area (Å²) in [6, 6.07) is 7.71. The lowest BCUT2D eigenvalue weighted by atomic mass is 9.89. The lowest BCUT2D eigenvalue weighted by Gasteiger charge is -2.16. The average molecular weight is 254 g/mol. The normalized spacial score (nSPS) is 24.9. The number of benzene rings is 1. The van der Waals surface area contributed by atoms with Gasteiger partial charge in [-0.25, -0.2) is 0 Å². The summed E-state index contributed by atoms with van der Waals surface area (Å²) in [6.45, 7) is 1.63.